The molecular weight excluding hydrogens is 280 g/mol. The summed E-state index contributed by atoms with van der Waals surface area (Å²) in [6.07, 6.45) is 2.33. The van der Waals surface area contributed by atoms with Crippen molar-refractivity contribution in [2.24, 2.45) is 0 Å². The summed E-state index contributed by atoms with van der Waals surface area (Å²) in [5.74, 6) is 0.476. The number of hydrogen-bond acceptors (Lipinski definition) is 1. The molecule has 2 rings (SSSR count). The van der Waals surface area contributed by atoms with Crippen molar-refractivity contribution in [1.29, 1.82) is 0 Å². The Hall–Kier alpha value is -1.86. The number of benzene rings is 2. The van der Waals surface area contributed by atoms with E-state index in [0.717, 1.165) is 19.4 Å². The second-order valence-electron chi connectivity index (χ2n) is 5.59. The van der Waals surface area contributed by atoms with Gasteiger partial charge >= 0.3 is 0 Å². The van der Waals surface area contributed by atoms with Crippen molar-refractivity contribution >= 4 is 0 Å². The predicted molar refractivity (Wildman–Crippen MR) is 101 cm³/mol. The molecule has 0 fully saturated rings. The summed E-state index contributed by atoms with van der Waals surface area (Å²) in [5.41, 5.74) is 4.00. The Labute approximate surface area is 142 Å². The molecule has 124 valence electrons. The van der Waals surface area contributed by atoms with E-state index in [4.69, 9.17) is 4.74 Å². The van der Waals surface area contributed by atoms with Crippen LogP contribution in [-0.4, -0.2) is 6.61 Å². The zero-order chi connectivity index (χ0) is 17.1. The van der Waals surface area contributed by atoms with Gasteiger partial charge in [0, 0.05) is 5.92 Å². The van der Waals surface area contributed by atoms with Crippen LogP contribution in [0.4, 0.5) is 0 Å². The van der Waals surface area contributed by atoms with E-state index in [0.29, 0.717) is 5.92 Å². The smallest absolute Gasteiger partial charge is 0.0797 e. The molecule has 0 saturated heterocycles. The molecule has 0 radical (unpaired) electrons. The summed E-state index contributed by atoms with van der Waals surface area (Å²) in [5, 5.41) is 0. The lowest BCUT2D eigenvalue weighted by atomic mass is 9.97. The van der Waals surface area contributed by atoms with E-state index in [-0.39, 0.29) is 6.10 Å². The van der Waals surface area contributed by atoms with Crippen LogP contribution in [0.5, 0.6) is 0 Å². The Kier molecular flexibility index (Phi) is 9.01. The van der Waals surface area contributed by atoms with Gasteiger partial charge in [0.15, 0.2) is 0 Å². The third kappa shape index (κ3) is 6.03. The largest absolute Gasteiger partial charge is 0.373 e. The zero-order valence-corrected chi connectivity index (χ0v) is 14.8. The van der Waals surface area contributed by atoms with E-state index in [1.807, 2.05) is 0 Å². The second kappa shape index (κ2) is 10.8. The molecule has 0 amide bonds. The first-order valence-corrected chi connectivity index (χ1v) is 8.50. The van der Waals surface area contributed by atoms with Crippen molar-refractivity contribution in [3.8, 4) is 0 Å². The Morgan fingerprint density at radius 1 is 0.870 bits per heavy atom. The van der Waals surface area contributed by atoms with Crippen LogP contribution in [0.15, 0.2) is 67.8 Å². The number of hydrogen-bond donors (Lipinski definition) is 0. The Bertz CT molecular complexity index is 530. The van der Waals surface area contributed by atoms with Crippen molar-refractivity contribution in [2.45, 2.75) is 45.6 Å². The summed E-state index contributed by atoms with van der Waals surface area (Å²) >= 11 is 0. The Morgan fingerprint density at radius 3 is 2.00 bits per heavy atom. The van der Waals surface area contributed by atoms with E-state index in [1.165, 1.54) is 16.7 Å². The Balaban J connectivity index is 0.00000127. The minimum Gasteiger partial charge on any atom is -0.373 e. The van der Waals surface area contributed by atoms with Gasteiger partial charge in [0.1, 0.15) is 0 Å². The van der Waals surface area contributed by atoms with Crippen molar-refractivity contribution in [3.63, 3.8) is 0 Å². The van der Waals surface area contributed by atoms with Gasteiger partial charge in [-0.05, 0) is 36.5 Å². The molecule has 23 heavy (non-hydrogen) atoms. The second-order valence-corrected chi connectivity index (χ2v) is 5.59. The summed E-state index contributed by atoms with van der Waals surface area (Å²) in [7, 11) is 0. The zero-order valence-electron chi connectivity index (χ0n) is 14.8. The van der Waals surface area contributed by atoms with Crippen LogP contribution in [0.25, 0.3) is 0 Å². The monoisotopic (exact) mass is 310 g/mol. The van der Waals surface area contributed by atoms with Gasteiger partial charge in [-0.2, -0.15) is 0 Å². The molecule has 2 aromatic rings. The lowest BCUT2D eigenvalue weighted by Gasteiger charge is -2.20. The number of rotatable bonds is 7. The molecule has 1 heteroatoms. The topological polar surface area (TPSA) is 9.23 Å². The fourth-order valence-electron chi connectivity index (χ4n) is 2.56. The van der Waals surface area contributed by atoms with Gasteiger partial charge in [-0.1, -0.05) is 68.4 Å². The molecule has 0 aliphatic rings. The van der Waals surface area contributed by atoms with Crippen molar-refractivity contribution in [3.05, 3.63) is 84.4 Å². The summed E-state index contributed by atoms with van der Waals surface area (Å²) in [4.78, 5) is 0. The van der Waals surface area contributed by atoms with Gasteiger partial charge in [-0.3, -0.25) is 0 Å². The van der Waals surface area contributed by atoms with Gasteiger partial charge in [0.05, 0.1) is 12.7 Å². The van der Waals surface area contributed by atoms with Gasteiger partial charge in [-0.25, -0.2) is 0 Å². The average molecular weight is 310 g/mol. The average Bonchev–Trinajstić information content (AvgIpc) is 2.64. The maximum Gasteiger partial charge on any atom is 0.0797 e. The maximum atomic E-state index is 6.11. The fraction of sp³-hybridized carbons (Fsp3) is 0.364. The lowest BCUT2D eigenvalue weighted by Crippen LogP contribution is -2.10. The normalized spacial score (nSPS) is 12.8. The van der Waals surface area contributed by atoms with E-state index >= 15 is 0 Å². The standard InChI is InChI=1S/C20H26O.C2H4/c1-4-17-11-13-19(14-12-17)16(3)21-15-18(5-2)20-9-7-6-8-10-20;1-2/h6-14,16,18H,4-5,15H2,1-3H3;1-2H2. The first-order chi connectivity index (χ1) is 11.2. The molecule has 0 N–H and O–H groups in total. The van der Waals surface area contributed by atoms with Crippen LogP contribution in [0.2, 0.25) is 0 Å². The minimum absolute atomic E-state index is 0.147. The quantitative estimate of drug-likeness (QED) is 0.543. The molecule has 1 nitrogen and oxygen atoms in total. The number of aryl methyl sites for hydroxylation is 1. The molecule has 2 unspecified atom stereocenters. The van der Waals surface area contributed by atoms with E-state index in [2.05, 4.69) is 88.5 Å². The van der Waals surface area contributed by atoms with Crippen LogP contribution in [-0.2, 0) is 11.2 Å². The van der Waals surface area contributed by atoms with Crippen molar-refractivity contribution in [1.82, 2.24) is 0 Å². The molecule has 0 heterocycles. The Morgan fingerprint density at radius 2 is 1.48 bits per heavy atom. The first-order valence-electron chi connectivity index (χ1n) is 8.50. The van der Waals surface area contributed by atoms with Crippen LogP contribution < -0.4 is 0 Å². The lowest BCUT2D eigenvalue weighted by molar-refractivity contribution is 0.0540. The van der Waals surface area contributed by atoms with Gasteiger partial charge in [-0.15, -0.1) is 13.2 Å². The highest BCUT2D eigenvalue weighted by Crippen LogP contribution is 2.24. The molecule has 0 aromatic heterocycles. The highest BCUT2D eigenvalue weighted by molar-refractivity contribution is 5.24. The molecular formula is C22H30O. The highest BCUT2D eigenvalue weighted by atomic mass is 16.5. The van der Waals surface area contributed by atoms with Crippen LogP contribution in [0, 0.1) is 0 Å². The molecule has 2 atom stereocenters. The minimum atomic E-state index is 0.147. The molecule has 2 aromatic carbocycles. The molecule has 0 aliphatic heterocycles. The summed E-state index contributed by atoms with van der Waals surface area (Å²) in [6, 6.07) is 19.4. The highest BCUT2D eigenvalue weighted by Gasteiger charge is 2.12. The summed E-state index contributed by atoms with van der Waals surface area (Å²) < 4.78 is 6.11. The molecule has 0 saturated carbocycles. The predicted octanol–water partition coefficient (Wildman–Crippen LogP) is 6.32. The van der Waals surface area contributed by atoms with Gasteiger partial charge < -0.3 is 4.74 Å². The van der Waals surface area contributed by atoms with Crippen molar-refractivity contribution in [2.75, 3.05) is 6.61 Å². The van der Waals surface area contributed by atoms with E-state index < -0.39 is 0 Å². The van der Waals surface area contributed by atoms with Crippen LogP contribution in [0.1, 0.15) is 55.9 Å². The third-order valence-electron chi connectivity index (χ3n) is 4.17. The molecule has 0 spiro atoms. The number of ether oxygens (including phenoxy) is 1. The first kappa shape index (κ1) is 19.2. The van der Waals surface area contributed by atoms with Gasteiger partial charge in [0.25, 0.3) is 0 Å². The SMILES string of the molecule is C=C.CCc1ccc(C(C)OCC(CC)c2ccccc2)cc1. The van der Waals surface area contributed by atoms with Gasteiger partial charge in [0.2, 0.25) is 0 Å². The fourth-order valence-corrected chi connectivity index (χ4v) is 2.56. The summed E-state index contributed by atoms with van der Waals surface area (Å²) in [6.45, 7) is 13.3. The maximum absolute atomic E-state index is 6.11. The van der Waals surface area contributed by atoms with E-state index in [1.54, 1.807) is 0 Å². The van der Waals surface area contributed by atoms with E-state index in [9.17, 15) is 0 Å². The van der Waals surface area contributed by atoms with Crippen LogP contribution >= 0.6 is 0 Å². The van der Waals surface area contributed by atoms with Crippen LogP contribution in [0.3, 0.4) is 0 Å². The molecule has 0 aliphatic carbocycles. The van der Waals surface area contributed by atoms with Crippen molar-refractivity contribution < 1.29 is 4.74 Å². The molecule has 0 bridgehead atoms. The third-order valence-corrected chi connectivity index (χ3v) is 4.17.